The van der Waals surface area contributed by atoms with Gasteiger partial charge in [0, 0.05) is 11.6 Å². The van der Waals surface area contributed by atoms with E-state index in [0.717, 1.165) is 17.9 Å². The Morgan fingerprint density at radius 3 is 2.54 bits per heavy atom. The van der Waals surface area contributed by atoms with E-state index in [0.29, 0.717) is 6.01 Å². The summed E-state index contributed by atoms with van der Waals surface area (Å²) in [6, 6.07) is 17.1. The van der Waals surface area contributed by atoms with E-state index in [4.69, 9.17) is 4.74 Å². The normalized spacial score (nSPS) is 12.6. The molecule has 2 aromatic carbocycles. The standard InChI is InChI=1S/C21H20N2O/c1-21(2,3)19-10-11-22-20(23-19)24-16-9-8-15-12-14-6-4-5-7-17(14)18(15)13-16/h4-11,13H,12H2,1-3H3. The molecule has 3 aromatic rings. The Bertz CT molecular complexity index is 910. The lowest BCUT2D eigenvalue weighted by Gasteiger charge is -2.17. The molecule has 0 fully saturated rings. The van der Waals surface area contributed by atoms with E-state index in [2.05, 4.69) is 67.1 Å². The largest absolute Gasteiger partial charge is 0.424 e. The molecule has 0 aliphatic heterocycles. The average Bonchev–Trinajstić information content (AvgIpc) is 2.92. The summed E-state index contributed by atoms with van der Waals surface area (Å²) in [5.74, 6) is 0.775. The van der Waals surface area contributed by atoms with Crippen LogP contribution in [0.5, 0.6) is 11.8 Å². The van der Waals surface area contributed by atoms with Crippen molar-refractivity contribution in [2.24, 2.45) is 0 Å². The highest BCUT2D eigenvalue weighted by atomic mass is 16.5. The monoisotopic (exact) mass is 316 g/mol. The van der Waals surface area contributed by atoms with Crippen molar-refractivity contribution in [2.75, 3.05) is 0 Å². The van der Waals surface area contributed by atoms with Crippen molar-refractivity contribution in [2.45, 2.75) is 32.6 Å². The molecular weight excluding hydrogens is 296 g/mol. The highest BCUT2D eigenvalue weighted by Crippen LogP contribution is 2.38. The molecule has 4 rings (SSSR count). The zero-order valence-corrected chi connectivity index (χ0v) is 14.2. The molecule has 3 nitrogen and oxygen atoms in total. The van der Waals surface area contributed by atoms with Gasteiger partial charge in [-0.25, -0.2) is 4.98 Å². The lowest BCUT2D eigenvalue weighted by Crippen LogP contribution is -2.14. The Hall–Kier alpha value is -2.68. The van der Waals surface area contributed by atoms with Crippen LogP contribution in [0.25, 0.3) is 11.1 Å². The molecule has 0 bridgehead atoms. The van der Waals surface area contributed by atoms with E-state index in [1.807, 2.05) is 12.1 Å². The van der Waals surface area contributed by atoms with Crippen LogP contribution in [0.1, 0.15) is 37.6 Å². The predicted octanol–water partition coefficient (Wildman–Crippen LogP) is 5.14. The minimum Gasteiger partial charge on any atom is -0.424 e. The summed E-state index contributed by atoms with van der Waals surface area (Å²) in [7, 11) is 0. The fourth-order valence-electron chi connectivity index (χ4n) is 3.08. The molecule has 1 heterocycles. The summed E-state index contributed by atoms with van der Waals surface area (Å²) >= 11 is 0. The maximum Gasteiger partial charge on any atom is 0.322 e. The van der Waals surface area contributed by atoms with Crippen LogP contribution in [0.2, 0.25) is 0 Å². The highest BCUT2D eigenvalue weighted by molar-refractivity contribution is 5.77. The molecule has 0 N–H and O–H groups in total. The van der Waals surface area contributed by atoms with Crippen LogP contribution in [-0.2, 0) is 11.8 Å². The van der Waals surface area contributed by atoms with E-state index in [-0.39, 0.29) is 5.41 Å². The molecular formula is C21H20N2O. The molecule has 120 valence electrons. The lowest BCUT2D eigenvalue weighted by atomic mass is 9.92. The quantitative estimate of drug-likeness (QED) is 0.514. The first-order valence-electron chi connectivity index (χ1n) is 8.23. The zero-order chi connectivity index (χ0) is 16.7. The van der Waals surface area contributed by atoms with Crippen LogP contribution in [-0.4, -0.2) is 9.97 Å². The minimum absolute atomic E-state index is 0.0298. The topological polar surface area (TPSA) is 35.0 Å². The first kappa shape index (κ1) is 14.9. The van der Waals surface area contributed by atoms with E-state index in [1.54, 1.807) is 6.20 Å². The molecule has 0 saturated heterocycles. The van der Waals surface area contributed by atoms with Gasteiger partial charge in [-0.05, 0) is 46.9 Å². The van der Waals surface area contributed by atoms with Crippen molar-refractivity contribution in [1.29, 1.82) is 0 Å². The highest BCUT2D eigenvalue weighted by Gasteiger charge is 2.19. The van der Waals surface area contributed by atoms with E-state index in [9.17, 15) is 0 Å². The van der Waals surface area contributed by atoms with Crippen LogP contribution >= 0.6 is 0 Å². The number of aromatic nitrogens is 2. The smallest absolute Gasteiger partial charge is 0.322 e. The summed E-state index contributed by atoms with van der Waals surface area (Å²) in [6.45, 7) is 6.39. The summed E-state index contributed by atoms with van der Waals surface area (Å²) in [6.07, 6.45) is 2.74. The number of hydrogen-bond donors (Lipinski definition) is 0. The predicted molar refractivity (Wildman–Crippen MR) is 95.5 cm³/mol. The number of nitrogens with zero attached hydrogens (tertiary/aromatic N) is 2. The number of rotatable bonds is 2. The second-order valence-electron chi connectivity index (χ2n) is 7.23. The maximum absolute atomic E-state index is 5.93. The SMILES string of the molecule is CC(C)(C)c1ccnc(Oc2ccc3c(c2)-c2ccccc2C3)n1. The lowest BCUT2D eigenvalue weighted by molar-refractivity contribution is 0.431. The van der Waals surface area contributed by atoms with Gasteiger partial charge in [0.05, 0.1) is 5.69 Å². The van der Waals surface area contributed by atoms with E-state index >= 15 is 0 Å². The molecule has 0 radical (unpaired) electrons. The number of ether oxygens (including phenoxy) is 1. The van der Waals surface area contributed by atoms with Crippen molar-refractivity contribution in [3.05, 3.63) is 71.5 Å². The molecule has 1 aromatic heterocycles. The second-order valence-corrected chi connectivity index (χ2v) is 7.23. The van der Waals surface area contributed by atoms with Crippen LogP contribution in [0.3, 0.4) is 0 Å². The van der Waals surface area contributed by atoms with Crippen molar-refractivity contribution >= 4 is 0 Å². The van der Waals surface area contributed by atoms with Gasteiger partial charge in [0.1, 0.15) is 5.75 Å². The van der Waals surface area contributed by atoms with Gasteiger partial charge in [-0.2, -0.15) is 4.98 Å². The van der Waals surface area contributed by atoms with Gasteiger partial charge in [0.25, 0.3) is 0 Å². The Labute approximate surface area is 142 Å². The third-order valence-electron chi connectivity index (χ3n) is 4.38. The van der Waals surface area contributed by atoms with Gasteiger partial charge in [-0.3, -0.25) is 0 Å². The Morgan fingerprint density at radius 2 is 1.71 bits per heavy atom. The van der Waals surface area contributed by atoms with Crippen LogP contribution in [0.4, 0.5) is 0 Å². The number of benzene rings is 2. The molecule has 1 aliphatic rings. The molecule has 24 heavy (non-hydrogen) atoms. The zero-order valence-electron chi connectivity index (χ0n) is 14.2. The summed E-state index contributed by atoms with van der Waals surface area (Å²) in [4.78, 5) is 8.80. The summed E-state index contributed by atoms with van der Waals surface area (Å²) < 4.78 is 5.93. The molecule has 0 spiro atoms. The third-order valence-corrected chi connectivity index (χ3v) is 4.38. The molecule has 0 atom stereocenters. The average molecular weight is 316 g/mol. The van der Waals surface area contributed by atoms with Crippen molar-refractivity contribution in [3.63, 3.8) is 0 Å². The Balaban J connectivity index is 1.66. The van der Waals surface area contributed by atoms with E-state index < -0.39 is 0 Å². The first-order chi connectivity index (χ1) is 11.5. The fraction of sp³-hybridized carbons (Fsp3) is 0.238. The van der Waals surface area contributed by atoms with Crippen molar-refractivity contribution in [1.82, 2.24) is 9.97 Å². The summed E-state index contributed by atoms with van der Waals surface area (Å²) in [5.41, 5.74) is 6.19. The molecule has 0 saturated carbocycles. The molecule has 0 unspecified atom stereocenters. The van der Waals surface area contributed by atoms with Gasteiger partial charge >= 0.3 is 6.01 Å². The minimum atomic E-state index is -0.0298. The molecule has 0 amide bonds. The van der Waals surface area contributed by atoms with Gasteiger partial charge in [0.15, 0.2) is 0 Å². The second kappa shape index (κ2) is 5.45. The van der Waals surface area contributed by atoms with Crippen LogP contribution < -0.4 is 4.74 Å². The number of fused-ring (bicyclic) bond motifs is 3. The van der Waals surface area contributed by atoms with Gasteiger partial charge in [0.2, 0.25) is 0 Å². The Kier molecular flexibility index (Phi) is 3.38. The van der Waals surface area contributed by atoms with Crippen LogP contribution in [0, 0.1) is 0 Å². The van der Waals surface area contributed by atoms with Gasteiger partial charge < -0.3 is 4.74 Å². The van der Waals surface area contributed by atoms with Crippen molar-refractivity contribution in [3.8, 4) is 22.9 Å². The van der Waals surface area contributed by atoms with E-state index in [1.165, 1.54) is 22.3 Å². The first-order valence-corrected chi connectivity index (χ1v) is 8.23. The third kappa shape index (κ3) is 2.67. The van der Waals surface area contributed by atoms with Crippen molar-refractivity contribution < 1.29 is 4.74 Å². The van der Waals surface area contributed by atoms with Gasteiger partial charge in [-0.1, -0.05) is 51.1 Å². The van der Waals surface area contributed by atoms with Crippen LogP contribution in [0.15, 0.2) is 54.7 Å². The molecule has 1 aliphatic carbocycles. The number of hydrogen-bond acceptors (Lipinski definition) is 3. The maximum atomic E-state index is 5.93. The Morgan fingerprint density at radius 1 is 0.917 bits per heavy atom. The fourth-order valence-corrected chi connectivity index (χ4v) is 3.08. The summed E-state index contributed by atoms with van der Waals surface area (Å²) in [5, 5.41) is 0. The molecule has 3 heteroatoms. The van der Waals surface area contributed by atoms with Gasteiger partial charge in [-0.15, -0.1) is 0 Å².